The van der Waals surface area contributed by atoms with E-state index >= 15 is 0 Å². The van der Waals surface area contributed by atoms with Crippen molar-refractivity contribution in [3.8, 4) is 0 Å². The van der Waals surface area contributed by atoms with Crippen molar-refractivity contribution >= 4 is 5.78 Å². The van der Waals surface area contributed by atoms with Crippen molar-refractivity contribution in [2.45, 2.75) is 13.8 Å². The van der Waals surface area contributed by atoms with E-state index in [1.807, 2.05) is 0 Å². The standard InChI is InChI=1S/C13H10F2O2/c1-7-6-9(8(2)17-7)13(16)12-10(14)4-3-5-11(12)15/h3-6H,1-2H3. The van der Waals surface area contributed by atoms with Gasteiger partial charge in [0.05, 0.1) is 11.1 Å². The minimum atomic E-state index is -0.867. The fraction of sp³-hybridized carbons (Fsp3) is 0.154. The smallest absolute Gasteiger partial charge is 0.202 e. The zero-order valence-corrected chi connectivity index (χ0v) is 9.38. The van der Waals surface area contributed by atoms with Crippen molar-refractivity contribution in [1.29, 1.82) is 0 Å². The molecule has 17 heavy (non-hydrogen) atoms. The molecule has 0 bridgehead atoms. The third-order valence-corrected chi connectivity index (χ3v) is 2.48. The molecule has 88 valence electrons. The molecule has 1 aromatic heterocycles. The Morgan fingerprint density at radius 3 is 2.24 bits per heavy atom. The number of benzene rings is 1. The summed E-state index contributed by atoms with van der Waals surface area (Å²) in [5.41, 5.74) is -0.358. The van der Waals surface area contributed by atoms with E-state index in [0.717, 1.165) is 12.1 Å². The van der Waals surface area contributed by atoms with Crippen LogP contribution in [0.1, 0.15) is 27.4 Å². The molecule has 0 aliphatic rings. The summed E-state index contributed by atoms with van der Waals surface area (Å²) >= 11 is 0. The number of furan rings is 1. The molecule has 1 heterocycles. The van der Waals surface area contributed by atoms with Crippen molar-refractivity contribution in [1.82, 2.24) is 0 Å². The van der Waals surface area contributed by atoms with Gasteiger partial charge in [-0.05, 0) is 32.0 Å². The first kappa shape index (κ1) is 11.5. The van der Waals surface area contributed by atoms with Crippen LogP contribution in [0.25, 0.3) is 0 Å². The molecule has 4 heteroatoms. The topological polar surface area (TPSA) is 30.2 Å². The van der Waals surface area contributed by atoms with E-state index in [4.69, 9.17) is 4.42 Å². The third kappa shape index (κ3) is 1.98. The minimum absolute atomic E-state index is 0.187. The van der Waals surface area contributed by atoms with Crippen LogP contribution in [0.3, 0.4) is 0 Å². The highest BCUT2D eigenvalue weighted by Gasteiger charge is 2.22. The SMILES string of the molecule is Cc1cc(C(=O)c2c(F)cccc2F)c(C)o1. The lowest BCUT2D eigenvalue weighted by Gasteiger charge is -2.02. The van der Waals surface area contributed by atoms with Crippen molar-refractivity contribution in [2.24, 2.45) is 0 Å². The minimum Gasteiger partial charge on any atom is -0.466 e. The monoisotopic (exact) mass is 236 g/mol. The van der Waals surface area contributed by atoms with Crippen molar-refractivity contribution in [2.75, 3.05) is 0 Å². The summed E-state index contributed by atoms with van der Waals surface area (Å²) in [6.45, 7) is 3.25. The summed E-state index contributed by atoms with van der Waals surface area (Å²) in [5, 5.41) is 0. The quantitative estimate of drug-likeness (QED) is 0.748. The predicted molar refractivity (Wildman–Crippen MR) is 58.0 cm³/mol. The largest absolute Gasteiger partial charge is 0.466 e. The maximum absolute atomic E-state index is 13.4. The molecule has 1 aromatic carbocycles. The predicted octanol–water partition coefficient (Wildman–Crippen LogP) is 3.41. The molecule has 2 nitrogen and oxygen atoms in total. The Morgan fingerprint density at radius 2 is 1.76 bits per heavy atom. The summed E-state index contributed by atoms with van der Waals surface area (Å²) in [6.07, 6.45) is 0. The van der Waals surface area contributed by atoms with Gasteiger partial charge in [-0.15, -0.1) is 0 Å². The van der Waals surface area contributed by atoms with Gasteiger partial charge in [-0.25, -0.2) is 8.78 Å². The Balaban J connectivity index is 2.55. The molecule has 0 unspecified atom stereocenters. The van der Waals surface area contributed by atoms with Crippen molar-refractivity contribution in [3.63, 3.8) is 0 Å². The molecule has 0 saturated carbocycles. The van der Waals surface area contributed by atoms with Crippen LogP contribution in [0.15, 0.2) is 28.7 Å². The highest BCUT2D eigenvalue weighted by atomic mass is 19.1. The number of halogens is 2. The number of hydrogen-bond donors (Lipinski definition) is 0. The van der Waals surface area contributed by atoms with Gasteiger partial charge in [0.1, 0.15) is 23.2 Å². The Morgan fingerprint density at radius 1 is 1.18 bits per heavy atom. The zero-order chi connectivity index (χ0) is 12.6. The molecule has 2 aromatic rings. The third-order valence-electron chi connectivity index (χ3n) is 2.48. The number of ketones is 1. The number of carbonyl (C=O) groups is 1. The summed E-state index contributed by atoms with van der Waals surface area (Å²) in [6, 6.07) is 4.80. The maximum atomic E-state index is 13.4. The van der Waals surface area contributed by atoms with Crippen LogP contribution in [0.4, 0.5) is 8.78 Å². The highest BCUT2D eigenvalue weighted by molar-refractivity contribution is 6.10. The maximum Gasteiger partial charge on any atom is 0.202 e. The molecule has 0 N–H and O–H groups in total. The van der Waals surface area contributed by atoms with Crippen LogP contribution in [-0.4, -0.2) is 5.78 Å². The van der Waals surface area contributed by atoms with Crippen molar-refractivity contribution < 1.29 is 18.0 Å². The number of hydrogen-bond acceptors (Lipinski definition) is 2. The van der Waals surface area contributed by atoms with Gasteiger partial charge in [-0.2, -0.15) is 0 Å². The first-order chi connectivity index (χ1) is 8.00. The van der Waals surface area contributed by atoms with E-state index in [9.17, 15) is 13.6 Å². The van der Waals surface area contributed by atoms with Gasteiger partial charge in [0.2, 0.25) is 5.78 Å². The lowest BCUT2D eigenvalue weighted by Crippen LogP contribution is -2.07. The van der Waals surface area contributed by atoms with Crippen LogP contribution < -0.4 is 0 Å². The molecular weight excluding hydrogens is 226 g/mol. The first-order valence-electron chi connectivity index (χ1n) is 5.06. The van der Waals surface area contributed by atoms with Gasteiger partial charge in [-0.3, -0.25) is 4.79 Å². The van der Waals surface area contributed by atoms with Crippen LogP contribution >= 0.6 is 0 Å². The molecule has 0 radical (unpaired) electrons. The van der Waals surface area contributed by atoms with E-state index in [2.05, 4.69) is 0 Å². The lowest BCUT2D eigenvalue weighted by molar-refractivity contribution is 0.102. The number of carbonyl (C=O) groups excluding carboxylic acids is 1. The van der Waals surface area contributed by atoms with Gasteiger partial charge in [0.25, 0.3) is 0 Å². The summed E-state index contributed by atoms with van der Waals surface area (Å²) in [5.74, 6) is -1.55. The van der Waals surface area contributed by atoms with Crippen LogP contribution in [0.5, 0.6) is 0 Å². The van der Waals surface area contributed by atoms with Gasteiger partial charge >= 0.3 is 0 Å². The van der Waals surface area contributed by atoms with E-state index in [-0.39, 0.29) is 5.56 Å². The molecule has 0 spiro atoms. The van der Waals surface area contributed by atoms with Crippen molar-refractivity contribution in [3.05, 3.63) is 58.5 Å². The number of aryl methyl sites for hydroxylation is 2. The number of rotatable bonds is 2. The Bertz CT molecular complexity index is 565. The van der Waals surface area contributed by atoms with E-state index in [1.165, 1.54) is 12.1 Å². The van der Waals surface area contributed by atoms with E-state index in [1.54, 1.807) is 13.8 Å². The van der Waals surface area contributed by atoms with Gasteiger partial charge in [0, 0.05) is 0 Å². The Labute approximate surface area is 96.9 Å². The second-order valence-corrected chi connectivity index (χ2v) is 3.75. The molecular formula is C13H10F2O2. The average Bonchev–Trinajstić information content (AvgIpc) is 2.57. The van der Waals surface area contributed by atoms with Crippen LogP contribution in [0, 0.1) is 25.5 Å². The first-order valence-corrected chi connectivity index (χ1v) is 5.06. The lowest BCUT2D eigenvalue weighted by atomic mass is 10.0. The normalized spacial score (nSPS) is 10.6. The van der Waals surface area contributed by atoms with Crippen LogP contribution in [0.2, 0.25) is 0 Å². The second-order valence-electron chi connectivity index (χ2n) is 3.75. The Hall–Kier alpha value is -1.97. The molecule has 0 aliphatic carbocycles. The zero-order valence-electron chi connectivity index (χ0n) is 9.38. The fourth-order valence-corrected chi connectivity index (χ4v) is 1.71. The summed E-state index contributed by atoms with van der Waals surface area (Å²) in [4.78, 5) is 12.0. The van der Waals surface area contributed by atoms with E-state index < -0.39 is 23.0 Å². The molecule has 2 rings (SSSR count). The average molecular weight is 236 g/mol. The van der Waals surface area contributed by atoms with Gasteiger partial charge in [-0.1, -0.05) is 6.07 Å². The Kier molecular flexibility index (Phi) is 2.79. The van der Waals surface area contributed by atoms with Gasteiger partial charge < -0.3 is 4.42 Å². The molecule has 0 amide bonds. The van der Waals surface area contributed by atoms with Crippen LogP contribution in [-0.2, 0) is 0 Å². The van der Waals surface area contributed by atoms with E-state index in [0.29, 0.717) is 11.5 Å². The fourth-order valence-electron chi connectivity index (χ4n) is 1.71. The summed E-state index contributed by atoms with van der Waals surface area (Å²) in [7, 11) is 0. The highest BCUT2D eigenvalue weighted by Crippen LogP contribution is 2.21. The second kappa shape index (κ2) is 4.13. The molecule has 0 saturated heterocycles. The molecule has 0 fully saturated rings. The summed E-state index contributed by atoms with van der Waals surface area (Å²) < 4.78 is 32.0. The van der Waals surface area contributed by atoms with Gasteiger partial charge in [0.15, 0.2) is 0 Å². The molecule has 0 atom stereocenters. The molecule has 0 aliphatic heterocycles.